The van der Waals surface area contributed by atoms with Crippen LogP contribution in [0.4, 0.5) is 0 Å². The Balaban J connectivity index is 2.83. The standard InChI is InChI=1S/C26H32O4/c1-10-21(27)30-24-18(12-16(3)14-20(24)26(7,8)9)22(28)17-11-15(2)13-19(23(17)29)25(4,5)6/h10-14,29H,1H2,2-9H3. The first-order valence-corrected chi connectivity index (χ1v) is 10.0. The van der Waals surface area contributed by atoms with Gasteiger partial charge in [-0.05, 0) is 47.9 Å². The summed E-state index contributed by atoms with van der Waals surface area (Å²) in [4.78, 5) is 25.7. The van der Waals surface area contributed by atoms with Crippen LogP contribution >= 0.6 is 0 Å². The predicted octanol–water partition coefficient (Wildman–Crippen LogP) is 5.93. The van der Waals surface area contributed by atoms with Gasteiger partial charge in [0.25, 0.3) is 0 Å². The number of esters is 1. The molecule has 2 aromatic rings. The number of phenols is 1. The summed E-state index contributed by atoms with van der Waals surface area (Å²) in [6, 6.07) is 7.17. The number of ether oxygens (including phenoxy) is 1. The summed E-state index contributed by atoms with van der Waals surface area (Å²) in [6.07, 6.45) is 1.07. The fourth-order valence-electron chi connectivity index (χ4n) is 3.42. The maximum atomic E-state index is 13.6. The van der Waals surface area contributed by atoms with E-state index in [1.807, 2.05) is 67.5 Å². The average molecular weight is 409 g/mol. The van der Waals surface area contributed by atoms with Crippen LogP contribution in [-0.4, -0.2) is 16.9 Å². The van der Waals surface area contributed by atoms with Gasteiger partial charge in [-0.3, -0.25) is 4.79 Å². The number of carbonyl (C=O) groups is 2. The minimum absolute atomic E-state index is 0.0436. The molecule has 4 heteroatoms. The van der Waals surface area contributed by atoms with Gasteiger partial charge in [0.05, 0.1) is 11.1 Å². The Morgan fingerprint density at radius 2 is 1.33 bits per heavy atom. The first-order valence-electron chi connectivity index (χ1n) is 10.0. The van der Waals surface area contributed by atoms with Gasteiger partial charge in [0.15, 0.2) is 0 Å². The van der Waals surface area contributed by atoms with Crippen molar-refractivity contribution in [2.45, 2.75) is 66.2 Å². The fourth-order valence-corrected chi connectivity index (χ4v) is 3.42. The topological polar surface area (TPSA) is 63.6 Å². The largest absolute Gasteiger partial charge is 0.507 e. The normalized spacial score (nSPS) is 11.9. The maximum Gasteiger partial charge on any atom is 0.335 e. The van der Waals surface area contributed by atoms with Gasteiger partial charge in [0.2, 0.25) is 5.78 Å². The number of benzene rings is 2. The monoisotopic (exact) mass is 408 g/mol. The van der Waals surface area contributed by atoms with E-state index < -0.39 is 5.97 Å². The molecule has 0 saturated heterocycles. The number of hydrogen-bond donors (Lipinski definition) is 1. The minimum Gasteiger partial charge on any atom is -0.507 e. The zero-order chi connectivity index (χ0) is 23.0. The van der Waals surface area contributed by atoms with Gasteiger partial charge in [-0.25, -0.2) is 4.79 Å². The smallest absolute Gasteiger partial charge is 0.335 e. The van der Waals surface area contributed by atoms with Crippen molar-refractivity contribution in [1.82, 2.24) is 0 Å². The minimum atomic E-state index is -0.637. The molecule has 0 atom stereocenters. The lowest BCUT2D eigenvalue weighted by atomic mass is 9.81. The van der Waals surface area contributed by atoms with E-state index in [1.54, 1.807) is 12.1 Å². The lowest BCUT2D eigenvalue weighted by molar-refractivity contribution is -0.129. The van der Waals surface area contributed by atoms with Crippen molar-refractivity contribution in [3.8, 4) is 11.5 Å². The second-order valence-corrected chi connectivity index (χ2v) is 9.85. The number of aryl methyl sites for hydroxylation is 2. The fraction of sp³-hybridized carbons (Fsp3) is 0.385. The number of ketones is 1. The van der Waals surface area contributed by atoms with Crippen LogP contribution in [0.2, 0.25) is 0 Å². The molecule has 0 aromatic heterocycles. The molecule has 2 rings (SSSR count). The summed E-state index contributed by atoms with van der Waals surface area (Å²) in [7, 11) is 0. The second-order valence-electron chi connectivity index (χ2n) is 9.85. The number of carbonyl (C=O) groups excluding carboxylic acids is 2. The summed E-state index contributed by atoms with van der Waals surface area (Å²) >= 11 is 0. The Morgan fingerprint density at radius 3 is 1.80 bits per heavy atom. The van der Waals surface area contributed by atoms with E-state index in [0.29, 0.717) is 5.56 Å². The van der Waals surface area contributed by atoms with Crippen molar-refractivity contribution in [2.24, 2.45) is 0 Å². The molecule has 0 aliphatic carbocycles. The Bertz CT molecular complexity index is 1010. The van der Waals surface area contributed by atoms with Crippen LogP contribution in [0, 0.1) is 13.8 Å². The van der Waals surface area contributed by atoms with Gasteiger partial charge < -0.3 is 9.84 Å². The van der Waals surface area contributed by atoms with Crippen LogP contribution in [0.25, 0.3) is 0 Å². The molecule has 0 aliphatic rings. The maximum absolute atomic E-state index is 13.6. The molecule has 0 heterocycles. The third-order valence-corrected chi connectivity index (χ3v) is 4.96. The van der Waals surface area contributed by atoms with Crippen molar-refractivity contribution in [3.63, 3.8) is 0 Å². The van der Waals surface area contributed by atoms with Crippen molar-refractivity contribution >= 4 is 11.8 Å². The van der Waals surface area contributed by atoms with E-state index >= 15 is 0 Å². The zero-order valence-corrected chi connectivity index (χ0v) is 19.3. The highest BCUT2D eigenvalue weighted by Gasteiger charge is 2.29. The molecule has 0 unspecified atom stereocenters. The third kappa shape index (κ3) is 4.81. The predicted molar refractivity (Wildman–Crippen MR) is 121 cm³/mol. The van der Waals surface area contributed by atoms with E-state index in [9.17, 15) is 14.7 Å². The van der Waals surface area contributed by atoms with Crippen molar-refractivity contribution < 1.29 is 19.4 Å². The van der Waals surface area contributed by atoms with Gasteiger partial charge in [0, 0.05) is 17.2 Å². The highest BCUT2D eigenvalue weighted by Crippen LogP contribution is 2.40. The number of hydrogen-bond acceptors (Lipinski definition) is 4. The molecule has 1 N–H and O–H groups in total. The van der Waals surface area contributed by atoms with Crippen molar-refractivity contribution in [1.29, 1.82) is 0 Å². The van der Waals surface area contributed by atoms with Gasteiger partial charge in [-0.2, -0.15) is 0 Å². The molecule has 0 spiro atoms. The highest BCUT2D eigenvalue weighted by atomic mass is 16.5. The summed E-state index contributed by atoms with van der Waals surface area (Å²) in [5.74, 6) is -0.857. The molecular formula is C26H32O4. The first kappa shape index (κ1) is 23.4. The molecular weight excluding hydrogens is 376 g/mol. The van der Waals surface area contributed by atoms with E-state index in [-0.39, 0.29) is 39.2 Å². The molecule has 160 valence electrons. The number of rotatable bonds is 4. The second kappa shape index (κ2) is 8.10. The molecule has 0 radical (unpaired) electrons. The average Bonchev–Trinajstić information content (AvgIpc) is 2.61. The van der Waals surface area contributed by atoms with Gasteiger partial charge in [0.1, 0.15) is 11.5 Å². The van der Waals surface area contributed by atoms with E-state index in [1.165, 1.54) is 0 Å². The van der Waals surface area contributed by atoms with Crippen LogP contribution in [0.15, 0.2) is 36.9 Å². The third-order valence-electron chi connectivity index (χ3n) is 4.96. The van der Waals surface area contributed by atoms with E-state index in [4.69, 9.17) is 4.74 Å². The van der Waals surface area contributed by atoms with Gasteiger partial charge in [-0.1, -0.05) is 60.3 Å². The van der Waals surface area contributed by atoms with Crippen LogP contribution in [0.3, 0.4) is 0 Å². The van der Waals surface area contributed by atoms with Crippen molar-refractivity contribution in [2.75, 3.05) is 0 Å². The summed E-state index contributed by atoms with van der Waals surface area (Å²) in [5, 5.41) is 11.0. The molecule has 4 nitrogen and oxygen atoms in total. The van der Waals surface area contributed by atoms with Crippen LogP contribution in [-0.2, 0) is 15.6 Å². The Kier molecular flexibility index (Phi) is 6.31. The highest BCUT2D eigenvalue weighted by molar-refractivity contribution is 6.13. The molecule has 0 aliphatic heterocycles. The molecule has 0 amide bonds. The molecule has 0 bridgehead atoms. The van der Waals surface area contributed by atoms with Crippen molar-refractivity contribution in [3.05, 3.63) is 70.3 Å². The summed E-state index contributed by atoms with van der Waals surface area (Å²) in [5.41, 5.74) is 2.90. The Morgan fingerprint density at radius 1 is 0.867 bits per heavy atom. The summed E-state index contributed by atoms with van der Waals surface area (Å²) in [6.45, 7) is 19.2. The summed E-state index contributed by atoms with van der Waals surface area (Å²) < 4.78 is 5.56. The van der Waals surface area contributed by atoms with Crippen LogP contribution in [0.1, 0.15) is 79.7 Å². The van der Waals surface area contributed by atoms with E-state index in [2.05, 4.69) is 6.58 Å². The van der Waals surface area contributed by atoms with Gasteiger partial charge >= 0.3 is 5.97 Å². The number of phenolic OH excluding ortho intramolecular Hbond substituents is 1. The first-order chi connectivity index (χ1) is 13.7. The molecule has 0 fully saturated rings. The molecule has 30 heavy (non-hydrogen) atoms. The zero-order valence-electron chi connectivity index (χ0n) is 19.3. The van der Waals surface area contributed by atoms with Crippen LogP contribution in [0.5, 0.6) is 11.5 Å². The number of aromatic hydroxyl groups is 1. The molecule has 2 aromatic carbocycles. The van der Waals surface area contributed by atoms with Gasteiger partial charge in [-0.15, -0.1) is 0 Å². The van der Waals surface area contributed by atoms with Crippen LogP contribution < -0.4 is 4.74 Å². The lowest BCUT2D eigenvalue weighted by Gasteiger charge is -2.25. The lowest BCUT2D eigenvalue weighted by Crippen LogP contribution is -2.19. The van der Waals surface area contributed by atoms with E-state index in [0.717, 1.165) is 22.8 Å². The molecule has 0 saturated carbocycles. The Labute approximate surface area is 179 Å². The SMILES string of the molecule is C=CC(=O)Oc1c(C(=O)c2cc(C)cc(C(C)(C)C)c2O)cc(C)cc1C(C)(C)C. The Hall–Kier alpha value is -2.88. The quantitative estimate of drug-likeness (QED) is 0.295.